The molecule has 0 aliphatic carbocycles. The van der Waals surface area contributed by atoms with Crippen molar-refractivity contribution in [3.63, 3.8) is 0 Å². The first-order valence-corrected chi connectivity index (χ1v) is 14.2. The fourth-order valence-electron chi connectivity index (χ4n) is 4.95. The number of fused-ring (bicyclic) bond motifs is 1. The van der Waals surface area contributed by atoms with E-state index in [4.69, 9.17) is 14.2 Å². The van der Waals surface area contributed by atoms with Crippen LogP contribution >= 0.6 is 0 Å². The molecule has 1 aliphatic rings. The van der Waals surface area contributed by atoms with Gasteiger partial charge < -0.3 is 19.5 Å². The number of imidazole rings is 1. The first-order valence-electron chi connectivity index (χ1n) is 14.2. The summed E-state index contributed by atoms with van der Waals surface area (Å²) in [4.78, 5) is 72.2. The van der Waals surface area contributed by atoms with Crippen LogP contribution in [0, 0.1) is 20.2 Å². The quantitative estimate of drug-likeness (QED) is 0.127. The molecular formula is C31H23N7O10. The van der Waals surface area contributed by atoms with Crippen molar-refractivity contribution in [1.29, 1.82) is 0 Å². The van der Waals surface area contributed by atoms with Crippen molar-refractivity contribution in [3.8, 4) is 0 Å². The summed E-state index contributed by atoms with van der Waals surface area (Å²) < 4.78 is 18.9. The summed E-state index contributed by atoms with van der Waals surface area (Å²) in [6.45, 7) is -0.371. The summed E-state index contributed by atoms with van der Waals surface area (Å²) in [5.74, 6) is -1.85. The number of hydrogen-bond acceptors (Lipinski definition) is 13. The smallest absolute Gasteiger partial charge is 0.338 e. The zero-order valence-electron chi connectivity index (χ0n) is 24.6. The lowest BCUT2D eigenvalue weighted by Crippen LogP contribution is -2.32. The van der Waals surface area contributed by atoms with Crippen LogP contribution in [0.2, 0.25) is 0 Å². The molecule has 17 heteroatoms. The Morgan fingerprint density at radius 1 is 0.833 bits per heavy atom. The number of esters is 2. The van der Waals surface area contributed by atoms with Crippen LogP contribution in [0.5, 0.6) is 0 Å². The lowest BCUT2D eigenvalue weighted by molar-refractivity contribution is -0.385. The first-order chi connectivity index (χ1) is 23.2. The molecule has 2 aromatic heterocycles. The van der Waals surface area contributed by atoms with Gasteiger partial charge in [-0.15, -0.1) is 0 Å². The molecule has 242 valence electrons. The maximum absolute atomic E-state index is 13.1. The standard InChI is InChI=1S/C31H23N7O10/c39-29(18-4-2-1-3-5-18)35-27-26-28(33-16-32-27)36(17-34-26)25-14-23(48-31(41)20-8-12-22(13-9-20)38(44)45)24(47-25)15-46-30(40)19-6-10-21(11-7-19)37(42)43/h1-13,16-17,23-25H,14-15H2,(H,32,33,35,39)/t23-,24+,25+/m0/s1. The van der Waals surface area contributed by atoms with Gasteiger partial charge in [-0.1, -0.05) is 18.2 Å². The highest BCUT2D eigenvalue weighted by atomic mass is 16.6. The number of nitrogens with one attached hydrogen (secondary N) is 1. The Kier molecular flexibility index (Phi) is 8.75. The van der Waals surface area contributed by atoms with Crippen molar-refractivity contribution >= 4 is 46.2 Å². The number of aromatic nitrogens is 4. The average Bonchev–Trinajstić information content (AvgIpc) is 3.72. The van der Waals surface area contributed by atoms with Crippen LogP contribution in [0.15, 0.2) is 91.5 Å². The number of non-ortho nitro benzene ring substituents is 2. The van der Waals surface area contributed by atoms with Crippen molar-refractivity contribution in [3.05, 3.63) is 128 Å². The number of nitro groups is 2. The maximum atomic E-state index is 13.1. The number of ether oxygens (including phenoxy) is 3. The number of amides is 1. The van der Waals surface area contributed by atoms with E-state index in [-0.39, 0.29) is 46.9 Å². The largest absolute Gasteiger partial charge is 0.459 e. The van der Waals surface area contributed by atoms with Gasteiger partial charge in [-0.25, -0.2) is 24.5 Å². The van der Waals surface area contributed by atoms with E-state index in [0.29, 0.717) is 11.2 Å². The molecule has 0 saturated carbocycles. The number of nitrogens with zero attached hydrogens (tertiary/aromatic N) is 6. The molecule has 1 fully saturated rings. The van der Waals surface area contributed by atoms with Crippen LogP contribution in [0.1, 0.15) is 43.7 Å². The van der Waals surface area contributed by atoms with Crippen molar-refractivity contribution in [2.24, 2.45) is 0 Å². The summed E-state index contributed by atoms with van der Waals surface area (Å²) in [7, 11) is 0. The molecule has 3 atom stereocenters. The molecular weight excluding hydrogens is 630 g/mol. The maximum Gasteiger partial charge on any atom is 0.338 e. The molecule has 48 heavy (non-hydrogen) atoms. The second-order valence-electron chi connectivity index (χ2n) is 10.4. The molecule has 0 unspecified atom stereocenters. The van der Waals surface area contributed by atoms with Crippen LogP contribution in [0.3, 0.4) is 0 Å². The van der Waals surface area contributed by atoms with Gasteiger partial charge in [0.2, 0.25) is 0 Å². The number of nitro benzene ring substituents is 2. The Balaban J connectivity index is 1.22. The summed E-state index contributed by atoms with van der Waals surface area (Å²) >= 11 is 0. The molecule has 1 N–H and O–H groups in total. The number of hydrogen-bond donors (Lipinski definition) is 1. The zero-order valence-corrected chi connectivity index (χ0v) is 24.6. The van der Waals surface area contributed by atoms with Gasteiger partial charge in [0, 0.05) is 36.2 Å². The Morgan fingerprint density at radius 3 is 2.08 bits per heavy atom. The lowest BCUT2D eigenvalue weighted by atomic mass is 10.1. The molecule has 0 bridgehead atoms. The molecule has 1 aliphatic heterocycles. The molecule has 1 amide bonds. The number of rotatable bonds is 10. The Morgan fingerprint density at radius 2 is 1.46 bits per heavy atom. The molecule has 3 aromatic carbocycles. The van der Waals surface area contributed by atoms with E-state index in [0.717, 1.165) is 12.1 Å². The summed E-state index contributed by atoms with van der Waals surface area (Å²) in [6, 6.07) is 18.2. The van der Waals surface area contributed by atoms with Crippen LogP contribution in [-0.2, 0) is 14.2 Å². The minimum absolute atomic E-state index is 0.0466. The van der Waals surface area contributed by atoms with Gasteiger partial charge in [0.05, 0.1) is 27.3 Å². The molecule has 3 heterocycles. The Bertz CT molecular complexity index is 2020. The Hall–Kier alpha value is -6.62. The van der Waals surface area contributed by atoms with Crippen molar-refractivity contribution in [2.45, 2.75) is 24.9 Å². The monoisotopic (exact) mass is 653 g/mol. The van der Waals surface area contributed by atoms with E-state index in [2.05, 4.69) is 20.3 Å². The topological polar surface area (TPSA) is 221 Å². The van der Waals surface area contributed by atoms with Crippen molar-refractivity contribution in [2.75, 3.05) is 11.9 Å². The molecule has 1 saturated heterocycles. The van der Waals surface area contributed by atoms with E-state index in [9.17, 15) is 34.6 Å². The number of benzene rings is 3. The fourth-order valence-corrected chi connectivity index (χ4v) is 4.95. The van der Waals surface area contributed by atoms with Crippen LogP contribution in [-0.4, -0.2) is 66.0 Å². The van der Waals surface area contributed by atoms with E-state index in [1.54, 1.807) is 34.9 Å². The predicted molar refractivity (Wildman–Crippen MR) is 164 cm³/mol. The summed E-state index contributed by atoms with van der Waals surface area (Å²) in [5.41, 5.74) is 0.653. The molecule has 6 rings (SSSR count). The second-order valence-corrected chi connectivity index (χ2v) is 10.4. The minimum atomic E-state index is -0.990. The highest BCUT2D eigenvalue weighted by molar-refractivity contribution is 6.06. The Labute approximate surface area is 269 Å². The third kappa shape index (κ3) is 6.65. The number of carbonyl (C=O) groups excluding carboxylic acids is 3. The van der Waals surface area contributed by atoms with Gasteiger partial charge >= 0.3 is 11.9 Å². The highest BCUT2D eigenvalue weighted by Gasteiger charge is 2.41. The van der Waals surface area contributed by atoms with Gasteiger partial charge in [0.25, 0.3) is 17.3 Å². The van der Waals surface area contributed by atoms with Gasteiger partial charge in [0.15, 0.2) is 17.0 Å². The van der Waals surface area contributed by atoms with Gasteiger partial charge in [0.1, 0.15) is 31.4 Å². The van der Waals surface area contributed by atoms with Gasteiger partial charge in [-0.3, -0.25) is 29.6 Å². The third-order valence-corrected chi connectivity index (χ3v) is 7.38. The van der Waals surface area contributed by atoms with E-state index in [1.807, 2.05) is 0 Å². The lowest BCUT2D eigenvalue weighted by Gasteiger charge is -2.19. The van der Waals surface area contributed by atoms with Crippen LogP contribution < -0.4 is 5.32 Å². The minimum Gasteiger partial charge on any atom is -0.459 e. The van der Waals surface area contributed by atoms with E-state index >= 15 is 0 Å². The summed E-state index contributed by atoms with van der Waals surface area (Å²) in [6.07, 6.45) is -0.0803. The van der Waals surface area contributed by atoms with Crippen molar-refractivity contribution in [1.82, 2.24) is 19.5 Å². The fraction of sp³-hybridized carbons (Fsp3) is 0.161. The highest BCUT2D eigenvalue weighted by Crippen LogP contribution is 2.34. The summed E-state index contributed by atoms with van der Waals surface area (Å²) in [5, 5.41) is 24.7. The molecule has 0 radical (unpaired) electrons. The van der Waals surface area contributed by atoms with E-state index in [1.165, 1.54) is 49.1 Å². The van der Waals surface area contributed by atoms with E-state index < -0.39 is 46.1 Å². The molecule has 0 spiro atoms. The number of carbonyl (C=O) groups is 3. The predicted octanol–water partition coefficient (Wildman–Crippen LogP) is 4.27. The van der Waals surface area contributed by atoms with Gasteiger partial charge in [-0.05, 0) is 36.4 Å². The average molecular weight is 654 g/mol. The molecule has 5 aromatic rings. The first kappa shape index (κ1) is 31.4. The zero-order chi connectivity index (χ0) is 33.8. The third-order valence-electron chi connectivity index (χ3n) is 7.38. The van der Waals surface area contributed by atoms with Crippen LogP contribution in [0.25, 0.3) is 11.2 Å². The normalized spacial score (nSPS) is 17.0. The van der Waals surface area contributed by atoms with Gasteiger partial charge in [-0.2, -0.15) is 0 Å². The second kappa shape index (κ2) is 13.4. The van der Waals surface area contributed by atoms with Crippen LogP contribution in [0.4, 0.5) is 17.2 Å². The SMILES string of the molecule is O=C(Nc1ncnc2c1ncn2[C@H]1C[C@H](OC(=O)c2ccc([N+](=O)[O-])cc2)[C@@H](COC(=O)c2ccc([N+](=O)[O-])cc2)O1)c1ccccc1. The molecule has 17 nitrogen and oxygen atoms in total. The van der Waals surface area contributed by atoms with Crippen molar-refractivity contribution < 1.29 is 38.4 Å². The number of anilines is 1.